The number of amides is 1. The van der Waals surface area contributed by atoms with E-state index in [2.05, 4.69) is 4.99 Å². The third-order valence-corrected chi connectivity index (χ3v) is 4.62. The van der Waals surface area contributed by atoms with E-state index in [1.165, 1.54) is 12.5 Å². The van der Waals surface area contributed by atoms with E-state index >= 15 is 0 Å². The van der Waals surface area contributed by atoms with Crippen LogP contribution in [-0.4, -0.2) is 31.6 Å². The molecule has 2 N–H and O–H groups in total. The molecule has 0 unspecified atom stereocenters. The van der Waals surface area contributed by atoms with E-state index in [1.54, 1.807) is 16.9 Å². The first kappa shape index (κ1) is 17.7. The van der Waals surface area contributed by atoms with Crippen molar-refractivity contribution in [3.05, 3.63) is 46.9 Å². The van der Waals surface area contributed by atoms with E-state index in [1.807, 2.05) is 0 Å². The minimum absolute atomic E-state index is 0.0642. The number of aliphatic imine (C=N–C) groups is 1. The summed E-state index contributed by atoms with van der Waals surface area (Å²) in [5.74, 6) is -1.86. The predicted molar refractivity (Wildman–Crippen MR) is 85.4 cm³/mol. The molecule has 0 spiro atoms. The smallest absolute Gasteiger partial charge is 0.337 e. The Labute approximate surface area is 141 Å². The van der Waals surface area contributed by atoms with Crippen LogP contribution < -0.4 is 4.72 Å². The molecular formula is C14H11ClN2O6S. The minimum Gasteiger partial charge on any atom is -0.478 e. The summed E-state index contributed by atoms with van der Waals surface area (Å²) in [4.78, 5) is 25.8. The number of rotatable bonds is 5. The zero-order valence-corrected chi connectivity index (χ0v) is 13.8. The summed E-state index contributed by atoms with van der Waals surface area (Å²) < 4.78 is 30.8. The van der Waals surface area contributed by atoms with Crippen molar-refractivity contribution in [2.45, 2.75) is 11.8 Å². The minimum atomic E-state index is -4.29. The van der Waals surface area contributed by atoms with Gasteiger partial charge in [0.05, 0.1) is 28.8 Å². The highest BCUT2D eigenvalue weighted by Crippen LogP contribution is 2.30. The van der Waals surface area contributed by atoms with Gasteiger partial charge in [-0.3, -0.25) is 9.79 Å². The summed E-state index contributed by atoms with van der Waals surface area (Å²) in [6.45, 7) is 1.01. The lowest BCUT2D eigenvalue weighted by Crippen LogP contribution is -2.28. The number of carbonyl (C=O) groups excluding carboxylic acids is 1. The van der Waals surface area contributed by atoms with Crippen LogP contribution in [0.25, 0.3) is 0 Å². The number of hydrogen-bond acceptors (Lipinski definition) is 6. The van der Waals surface area contributed by atoms with Crippen LogP contribution in [-0.2, 0) is 14.8 Å². The van der Waals surface area contributed by atoms with Gasteiger partial charge in [0, 0.05) is 6.92 Å². The number of carboxylic acid groups (broad SMARTS) is 1. The second-order valence-electron chi connectivity index (χ2n) is 4.54. The molecule has 1 heterocycles. The number of aromatic carboxylic acids is 1. The van der Waals surface area contributed by atoms with Crippen LogP contribution in [0.2, 0.25) is 5.02 Å². The van der Waals surface area contributed by atoms with Crippen molar-refractivity contribution in [1.29, 1.82) is 0 Å². The zero-order valence-electron chi connectivity index (χ0n) is 12.2. The van der Waals surface area contributed by atoms with Gasteiger partial charge >= 0.3 is 5.97 Å². The molecule has 24 heavy (non-hydrogen) atoms. The number of halogens is 1. The molecule has 1 aromatic heterocycles. The van der Waals surface area contributed by atoms with E-state index in [0.717, 1.165) is 19.1 Å². The number of hydrogen-bond donors (Lipinski definition) is 2. The summed E-state index contributed by atoms with van der Waals surface area (Å²) in [6, 6.07) is 5.14. The molecular weight excluding hydrogens is 360 g/mol. The highest BCUT2D eigenvalue weighted by atomic mass is 35.5. The summed E-state index contributed by atoms with van der Waals surface area (Å²) in [5.41, 5.74) is -0.461. The van der Waals surface area contributed by atoms with Crippen molar-refractivity contribution in [1.82, 2.24) is 4.72 Å². The summed E-state index contributed by atoms with van der Waals surface area (Å²) >= 11 is 5.91. The number of nitrogens with zero attached hydrogens (tertiary/aromatic N) is 1. The third kappa shape index (κ3) is 4.00. The van der Waals surface area contributed by atoms with Gasteiger partial charge in [-0.2, -0.15) is 0 Å². The lowest BCUT2D eigenvalue weighted by Gasteiger charge is -2.09. The highest BCUT2D eigenvalue weighted by molar-refractivity contribution is 7.90. The first-order chi connectivity index (χ1) is 11.2. The SMILES string of the molecule is CC(=O)NS(=O)(=O)c1cc(C(=O)O)c(N=Cc2ccco2)cc1Cl. The topological polar surface area (TPSA) is 126 Å². The lowest BCUT2D eigenvalue weighted by molar-refractivity contribution is -0.117. The lowest BCUT2D eigenvalue weighted by atomic mass is 10.2. The molecule has 126 valence electrons. The molecule has 10 heteroatoms. The standard InChI is InChI=1S/C14H11ClN2O6S/c1-8(18)17-24(21,22)13-5-10(14(19)20)12(6-11(13)15)16-7-9-3-2-4-23-9/h2-7H,1H3,(H,17,18)(H,19,20). The molecule has 0 radical (unpaired) electrons. The Morgan fingerprint density at radius 3 is 2.62 bits per heavy atom. The summed E-state index contributed by atoms with van der Waals surface area (Å²) in [6.07, 6.45) is 2.68. The van der Waals surface area contributed by atoms with E-state index < -0.39 is 32.4 Å². The zero-order chi connectivity index (χ0) is 17.9. The van der Waals surface area contributed by atoms with Crippen LogP contribution in [0.15, 0.2) is 44.8 Å². The molecule has 1 amide bonds. The van der Waals surface area contributed by atoms with Gasteiger partial charge in [0.25, 0.3) is 10.0 Å². The molecule has 0 bridgehead atoms. The Bertz CT molecular complexity index is 919. The van der Waals surface area contributed by atoms with Gasteiger partial charge < -0.3 is 9.52 Å². The number of carboxylic acids is 1. The molecule has 0 atom stereocenters. The Kier molecular flexibility index (Phi) is 5.05. The van der Waals surface area contributed by atoms with E-state index in [9.17, 15) is 23.1 Å². The fraction of sp³-hybridized carbons (Fsp3) is 0.0714. The monoisotopic (exact) mass is 370 g/mol. The molecule has 0 saturated carbocycles. The molecule has 0 aliphatic heterocycles. The van der Waals surface area contributed by atoms with Crippen LogP contribution in [0.5, 0.6) is 0 Å². The molecule has 0 aliphatic rings. The van der Waals surface area contributed by atoms with Crippen LogP contribution in [0, 0.1) is 0 Å². The maximum Gasteiger partial charge on any atom is 0.337 e. The first-order valence-electron chi connectivity index (χ1n) is 6.38. The maximum atomic E-state index is 12.0. The van der Waals surface area contributed by atoms with Crippen LogP contribution >= 0.6 is 11.6 Å². The van der Waals surface area contributed by atoms with Crippen molar-refractivity contribution in [2.24, 2.45) is 4.99 Å². The van der Waals surface area contributed by atoms with Gasteiger partial charge in [0.1, 0.15) is 10.7 Å². The van der Waals surface area contributed by atoms with Gasteiger partial charge in [-0.25, -0.2) is 17.9 Å². The van der Waals surface area contributed by atoms with E-state index in [-0.39, 0.29) is 10.7 Å². The van der Waals surface area contributed by atoms with Gasteiger partial charge in [-0.1, -0.05) is 11.6 Å². The van der Waals surface area contributed by atoms with Gasteiger partial charge in [-0.05, 0) is 24.3 Å². The summed E-state index contributed by atoms with van der Waals surface area (Å²) in [7, 11) is -4.29. The molecule has 1 aromatic carbocycles. The number of nitrogens with one attached hydrogen (secondary N) is 1. The van der Waals surface area contributed by atoms with Gasteiger partial charge in [-0.15, -0.1) is 0 Å². The molecule has 0 fully saturated rings. The quantitative estimate of drug-likeness (QED) is 0.777. The number of benzene rings is 1. The van der Waals surface area contributed by atoms with Crippen LogP contribution in [0.4, 0.5) is 5.69 Å². The maximum absolute atomic E-state index is 12.0. The Morgan fingerprint density at radius 2 is 2.08 bits per heavy atom. The fourth-order valence-corrected chi connectivity index (χ4v) is 3.31. The van der Waals surface area contributed by atoms with Crippen LogP contribution in [0.1, 0.15) is 23.0 Å². The first-order valence-corrected chi connectivity index (χ1v) is 8.24. The van der Waals surface area contributed by atoms with Crippen molar-refractivity contribution in [2.75, 3.05) is 0 Å². The second-order valence-corrected chi connectivity index (χ2v) is 6.60. The highest BCUT2D eigenvalue weighted by Gasteiger charge is 2.23. The normalized spacial score (nSPS) is 11.6. The van der Waals surface area contributed by atoms with Crippen molar-refractivity contribution >= 4 is 45.4 Å². The fourth-order valence-electron chi connectivity index (χ4n) is 1.77. The largest absolute Gasteiger partial charge is 0.478 e. The predicted octanol–water partition coefficient (Wildman–Crippen LogP) is 2.21. The van der Waals surface area contributed by atoms with Crippen molar-refractivity contribution in [3.8, 4) is 0 Å². The molecule has 2 aromatic rings. The molecule has 8 nitrogen and oxygen atoms in total. The molecule has 2 rings (SSSR count). The average Bonchev–Trinajstić information content (AvgIpc) is 2.96. The number of sulfonamides is 1. The van der Waals surface area contributed by atoms with Gasteiger partial charge in [0.15, 0.2) is 0 Å². The molecule has 0 saturated heterocycles. The Morgan fingerprint density at radius 1 is 1.38 bits per heavy atom. The average molecular weight is 371 g/mol. The summed E-state index contributed by atoms with van der Waals surface area (Å²) in [5, 5.41) is 8.99. The number of furan rings is 1. The Balaban J connectivity index is 2.54. The van der Waals surface area contributed by atoms with E-state index in [4.69, 9.17) is 16.0 Å². The van der Waals surface area contributed by atoms with Crippen molar-refractivity contribution < 1.29 is 27.5 Å². The third-order valence-electron chi connectivity index (χ3n) is 2.72. The number of carbonyl (C=O) groups is 2. The Hall–Kier alpha value is -2.65. The molecule has 0 aliphatic carbocycles. The second kappa shape index (κ2) is 6.85. The van der Waals surface area contributed by atoms with Gasteiger partial charge in [0.2, 0.25) is 5.91 Å². The van der Waals surface area contributed by atoms with Crippen molar-refractivity contribution in [3.63, 3.8) is 0 Å². The van der Waals surface area contributed by atoms with E-state index in [0.29, 0.717) is 5.76 Å². The van der Waals surface area contributed by atoms with Crippen LogP contribution in [0.3, 0.4) is 0 Å².